The van der Waals surface area contributed by atoms with Crippen LogP contribution in [-0.4, -0.2) is 30.8 Å². The second kappa shape index (κ2) is 6.51. The number of nitrogens with one attached hydrogen (secondary N) is 1. The molecule has 4 rings (SSSR count). The van der Waals surface area contributed by atoms with Crippen LogP contribution >= 0.6 is 0 Å². The van der Waals surface area contributed by atoms with E-state index in [1.54, 1.807) is 20.0 Å². The molecular weight excluding hydrogens is 337 g/mol. The highest BCUT2D eigenvalue weighted by atomic mass is 19.1. The first kappa shape index (κ1) is 16.7. The summed E-state index contributed by atoms with van der Waals surface area (Å²) in [6.45, 7) is 1.69. The number of aromatic amines is 1. The number of H-pyrrole nitrogens is 1. The Morgan fingerprint density at radius 1 is 1.19 bits per heavy atom. The van der Waals surface area contributed by atoms with Crippen molar-refractivity contribution in [3.8, 4) is 17.3 Å². The number of ether oxygens (including phenoxy) is 1. The van der Waals surface area contributed by atoms with E-state index >= 15 is 4.39 Å². The summed E-state index contributed by atoms with van der Waals surface area (Å²) >= 11 is 0. The van der Waals surface area contributed by atoms with Crippen LogP contribution in [0, 0.1) is 12.7 Å². The van der Waals surface area contributed by atoms with Crippen LogP contribution < -0.4 is 10.3 Å². The Kier molecular flexibility index (Phi) is 4.18. The molecule has 0 atom stereocenters. The predicted octanol–water partition coefficient (Wildman–Crippen LogP) is 2.88. The van der Waals surface area contributed by atoms with Crippen molar-refractivity contribution in [2.24, 2.45) is 7.05 Å². The molecule has 0 radical (unpaired) electrons. The van der Waals surface area contributed by atoms with Crippen molar-refractivity contribution in [3.63, 3.8) is 0 Å². The molecule has 1 aliphatic carbocycles. The monoisotopic (exact) mass is 357 g/mol. The maximum atomic E-state index is 15.1. The van der Waals surface area contributed by atoms with Gasteiger partial charge in [-0.1, -0.05) is 6.42 Å². The lowest BCUT2D eigenvalue weighted by Gasteiger charge is -2.22. The van der Waals surface area contributed by atoms with E-state index in [9.17, 15) is 4.79 Å². The lowest BCUT2D eigenvalue weighted by Crippen LogP contribution is -2.21. The van der Waals surface area contributed by atoms with Gasteiger partial charge in [0.2, 0.25) is 5.82 Å². The molecule has 8 heteroatoms. The van der Waals surface area contributed by atoms with Crippen molar-refractivity contribution < 1.29 is 9.13 Å². The van der Waals surface area contributed by atoms with E-state index in [0.717, 1.165) is 25.7 Å². The maximum absolute atomic E-state index is 15.1. The van der Waals surface area contributed by atoms with E-state index in [-0.39, 0.29) is 28.9 Å². The molecule has 0 aliphatic heterocycles. The number of aryl methyl sites for hydroxylation is 2. The van der Waals surface area contributed by atoms with Gasteiger partial charge in [-0.3, -0.25) is 9.89 Å². The predicted molar refractivity (Wildman–Crippen MR) is 94.6 cm³/mol. The molecule has 0 unspecified atom stereocenters. The summed E-state index contributed by atoms with van der Waals surface area (Å²) in [6, 6.07) is 3.06. The lowest BCUT2D eigenvalue weighted by atomic mass is 9.98. The second-order valence-corrected chi connectivity index (χ2v) is 6.68. The third-order valence-corrected chi connectivity index (χ3v) is 4.81. The number of nitrogens with zero attached hydrogens (tertiary/aromatic N) is 4. The molecule has 1 N–H and O–H groups in total. The van der Waals surface area contributed by atoms with Gasteiger partial charge in [-0.2, -0.15) is 14.5 Å². The fourth-order valence-corrected chi connectivity index (χ4v) is 3.46. The number of fused-ring (bicyclic) bond motifs is 1. The molecule has 1 aliphatic rings. The normalized spacial score (nSPS) is 15.5. The van der Waals surface area contributed by atoms with Gasteiger partial charge in [0, 0.05) is 13.1 Å². The molecule has 3 aromatic rings. The van der Waals surface area contributed by atoms with Gasteiger partial charge in [-0.15, -0.1) is 0 Å². The van der Waals surface area contributed by atoms with Crippen LogP contribution in [0.2, 0.25) is 0 Å². The molecule has 1 fully saturated rings. The molecule has 1 saturated carbocycles. The van der Waals surface area contributed by atoms with E-state index in [2.05, 4.69) is 20.2 Å². The molecule has 0 aromatic carbocycles. The Morgan fingerprint density at radius 3 is 2.73 bits per heavy atom. The number of pyridine rings is 1. The number of halogens is 1. The van der Waals surface area contributed by atoms with Crippen LogP contribution in [0.15, 0.2) is 16.9 Å². The van der Waals surface area contributed by atoms with Crippen molar-refractivity contribution in [2.75, 3.05) is 0 Å². The highest BCUT2D eigenvalue weighted by Gasteiger charge is 2.24. The third-order valence-electron chi connectivity index (χ3n) is 4.81. The van der Waals surface area contributed by atoms with Gasteiger partial charge in [0.25, 0.3) is 11.4 Å². The minimum absolute atomic E-state index is 0.0271. The Balaban J connectivity index is 1.82. The summed E-state index contributed by atoms with van der Waals surface area (Å²) in [5.74, 6) is -0.299. The number of hydrogen-bond acceptors (Lipinski definition) is 5. The van der Waals surface area contributed by atoms with Gasteiger partial charge in [-0.05, 0) is 38.7 Å². The lowest BCUT2D eigenvalue weighted by molar-refractivity contribution is 0.141. The minimum Gasteiger partial charge on any atom is -0.472 e. The number of hydrogen-bond donors (Lipinski definition) is 1. The van der Waals surface area contributed by atoms with Crippen LogP contribution in [-0.2, 0) is 7.05 Å². The van der Waals surface area contributed by atoms with Crippen molar-refractivity contribution in [3.05, 3.63) is 34.1 Å². The Morgan fingerprint density at radius 2 is 1.96 bits per heavy atom. The molecule has 0 bridgehead atoms. The van der Waals surface area contributed by atoms with Gasteiger partial charge < -0.3 is 9.30 Å². The summed E-state index contributed by atoms with van der Waals surface area (Å²) in [5.41, 5.74) is 1.24. The average molecular weight is 357 g/mol. The van der Waals surface area contributed by atoms with Crippen LogP contribution in [0.3, 0.4) is 0 Å². The highest BCUT2D eigenvalue weighted by Crippen LogP contribution is 2.31. The molecule has 3 aromatic heterocycles. The molecule has 0 amide bonds. The van der Waals surface area contributed by atoms with Crippen LogP contribution in [0.1, 0.15) is 37.9 Å². The first-order valence-electron chi connectivity index (χ1n) is 8.80. The standard InChI is InChI=1S/C18H20FN5O2/c1-10-20-15(14(19)18(21-10)26-11-6-4-3-5-7-11)16-17-12(22-23-16)8-9-13(25)24(17)2/h8-9,11H,3-7H2,1-2H3,(H,22,23). The summed E-state index contributed by atoms with van der Waals surface area (Å²) in [7, 11) is 1.62. The Labute approximate surface area is 149 Å². The first-order chi connectivity index (χ1) is 12.5. The van der Waals surface area contributed by atoms with E-state index in [4.69, 9.17) is 4.74 Å². The van der Waals surface area contributed by atoms with Gasteiger partial charge in [-0.25, -0.2) is 4.98 Å². The molecule has 3 heterocycles. The molecule has 136 valence electrons. The third kappa shape index (κ3) is 2.85. The zero-order chi connectivity index (χ0) is 18.3. The fraction of sp³-hybridized carbons (Fsp3) is 0.444. The van der Waals surface area contributed by atoms with Gasteiger partial charge in [0.1, 0.15) is 23.3 Å². The van der Waals surface area contributed by atoms with Crippen LogP contribution in [0.4, 0.5) is 4.39 Å². The summed E-state index contributed by atoms with van der Waals surface area (Å²) in [4.78, 5) is 20.3. The summed E-state index contributed by atoms with van der Waals surface area (Å²) in [5, 5.41) is 7.01. The summed E-state index contributed by atoms with van der Waals surface area (Å²) < 4.78 is 22.4. The fourth-order valence-electron chi connectivity index (χ4n) is 3.46. The van der Waals surface area contributed by atoms with Crippen molar-refractivity contribution in [1.82, 2.24) is 24.7 Å². The zero-order valence-electron chi connectivity index (χ0n) is 14.8. The molecule has 0 spiro atoms. The number of aromatic nitrogens is 5. The van der Waals surface area contributed by atoms with Crippen molar-refractivity contribution in [2.45, 2.75) is 45.1 Å². The second-order valence-electron chi connectivity index (χ2n) is 6.68. The van der Waals surface area contributed by atoms with Gasteiger partial charge in [0.15, 0.2) is 0 Å². The molecule has 7 nitrogen and oxygen atoms in total. The number of rotatable bonds is 3. The quantitative estimate of drug-likeness (QED) is 0.779. The smallest absolute Gasteiger partial charge is 0.254 e. The van der Waals surface area contributed by atoms with E-state index in [1.165, 1.54) is 17.1 Å². The maximum Gasteiger partial charge on any atom is 0.254 e. The van der Waals surface area contributed by atoms with Gasteiger partial charge in [0.05, 0.1) is 11.0 Å². The SMILES string of the molecule is Cc1nc(OC2CCCCC2)c(F)c(-c2n[nH]c3ccc(=O)n(C)c23)n1. The van der Waals surface area contributed by atoms with E-state index < -0.39 is 5.82 Å². The van der Waals surface area contributed by atoms with Crippen LogP contribution in [0.25, 0.3) is 22.4 Å². The van der Waals surface area contributed by atoms with Crippen molar-refractivity contribution in [1.29, 1.82) is 0 Å². The van der Waals surface area contributed by atoms with Gasteiger partial charge >= 0.3 is 0 Å². The first-order valence-corrected chi connectivity index (χ1v) is 8.80. The Hall–Kier alpha value is -2.77. The highest BCUT2D eigenvalue weighted by molar-refractivity contribution is 5.89. The van der Waals surface area contributed by atoms with Crippen LogP contribution in [0.5, 0.6) is 5.88 Å². The largest absolute Gasteiger partial charge is 0.472 e. The minimum atomic E-state index is -0.647. The zero-order valence-corrected chi connectivity index (χ0v) is 14.8. The molecular formula is C18H20FN5O2. The van der Waals surface area contributed by atoms with Crippen molar-refractivity contribution >= 4 is 11.0 Å². The Bertz CT molecular complexity index is 1020. The van der Waals surface area contributed by atoms with E-state index in [0.29, 0.717) is 16.9 Å². The van der Waals surface area contributed by atoms with E-state index in [1.807, 2.05) is 0 Å². The average Bonchev–Trinajstić information content (AvgIpc) is 3.06. The topological polar surface area (TPSA) is 85.7 Å². The summed E-state index contributed by atoms with van der Waals surface area (Å²) in [6.07, 6.45) is 5.12. The molecule has 0 saturated heterocycles. The molecule has 26 heavy (non-hydrogen) atoms.